The van der Waals surface area contributed by atoms with Crippen molar-refractivity contribution in [1.29, 1.82) is 0 Å². The highest BCUT2D eigenvalue weighted by atomic mass is 35.5. The van der Waals surface area contributed by atoms with E-state index in [9.17, 15) is 9.59 Å². The Morgan fingerprint density at radius 3 is 1.97 bits per heavy atom. The van der Waals surface area contributed by atoms with Gasteiger partial charge in [-0.25, -0.2) is 9.59 Å². The third-order valence-corrected chi connectivity index (χ3v) is 5.08. The van der Waals surface area contributed by atoms with Crippen molar-refractivity contribution in [2.75, 3.05) is 0 Å². The molecule has 4 nitrogen and oxygen atoms in total. The molecule has 0 bridgehead atoms. The molecule has 0 saturated carbocycles. The summed E-state index contributed by atoms with van der Waals surface area (Å²) in [5.41, 5.74) is 1.07. The molecule has 5 heteroatoms. The molecule has 3 aromatic carbocycles. The van der Waals surface area contributed by atoms with E-state index in [0.29, 0.717) is 32.7 Å². The zero-order valence-corrected chi connectivity index (χ0v) is 15.8. The summed E-state index contributed by atoms with van der Waals surface area (Å²) >= 11 is 6.23. The Kier molecular flexibility index (Phi) is 4.07. The van der Waals surface area contributed by atoms with Crippen molar-refractivity contribution in [2.45, 2.75) is 0 Å². The third-order valence-electron chi connectivity index (χ3n) is 4.84. The average molecular weight is 401 g/mol. The molecule has 0 aliphatic rings. The smallest absolute Gasteiger partial charge is 0.351 e. The second-order valence-electron chi connectivity index (χ2n) is 6.61. The van der Waals surface area contributed by atoms with Gasteiger partial charge in [0.1, 0.15) is 11.3 Å². The van der Waals surface area contributed by atoms with E-state index in [2.05, 4.69) is 0 Å². The van der Waals surface area contributed by atoms with Crippen molar-refractivity contribution in [1.82, 2.24) is 0 Å². The Balaban J connectivity index is 2.10. The summed E-state index contributed by atoms with van der Waals surface area (Å²) in [6.45, 7) is 0. The zero-order valence-electron chi connectivity index (χ0n) is 15.0. The molecule has 5 aromatic rings. The van der Waals surface area contributed by atoms with Gasteiger partial charge in [0, 0.05) is 26.9 Å². The van der Waals surface area contributed by atoms with E-state index in [-0.39, 0.29) is 5.39 Å². The molecule has 140 valence electrons. The van der Waals surface area contributed by atoms with Crippen LogP contribution in [0.5, 0.6) is 0 Å². The predicted octanol–water partition coefficient (Wildman–Crippen LogP) is 5.89. The molecule has 0 N–H and O–H groups in total. The minimum absolute atomic E-state index is 0.127. The van der Waals surface area contributed by atoms with Crippen LogP contribution in [0.3, 0.4) is 0 Å². The normalized spacial score (nSPS) is 11.2. The molecule has 2 heterocycles. The van der Waals surface area contributed by atoms with Crippen LogP contribution in [0.4, 0.5) is 0 Å². The van der Waals surface area contributed by atoms with Crippen LogP contribution in [0.25, 0.3) is 44.2 Å². The Labute approximate surface area is 169 Å². The van der Waals surface area contributed by atoms with Crippen molar-refractivity contribution in [3.63, 3.8) is 0 Å². The Hall–Kier alpha value is -3.63. The summed E-state index contributed by atoms with van der Waals surface area (Å²) in [5, 5.41) is 1.40. The van der Waals surface area contributed by atoms with Crippen molar-refractivity contribution in [3.05, 3.63) is 105 Å². The summed E-state index contributed by atoms with van der Waals surface area (Å²) in [5.74, 6) is 0.390. The Bertz CT molecular complexity index is 1480. The molecule has 0 aliphatic carbocycles. The molecule has 0 aliphatic heterocycles. The van der Waals surface area contributed by atoms with Gasteiger partial charge in [0.2, 0.25) is 0 Å². The van der Waals surface area contributed by atoms with Gasteiger partial charge in [-0.2, -0.15) is 0 Å². The SMILES string of the molecule is O=c1oc(-c2ccccc2)c(-c2ccccc2)c2c1c(=O)oc1ccc(Cl)cc12. The summed E-state index contributed by atoms with van der Waals surface area (Å²) in [4.78, 5) is 25.5. The van der Waals surface area contributed by atoms with Crippen LogP contribution < -0.4 is 11.3 Å². The van der Waals surface area contributed by atoms with E-state index in [1.54, 1.807) is 18.2 Å². The van der Waals surface area contributed by atoms with Crippen LogP contribution in [-0.2, 0) is 0 Å². The second-order valence-corrected chi connectivity index (χ2v) is 7.04. The molecular weight excluding hydrogens is 388 g/mol. The molecule has 0 amide bonds. The van der Waals surface area contributed by atoms with E-state index in [4.69, 9.17) is 20.4 Å². The van der Waals surface area contributed by atoms with E-state index < -0.39 is 11.3 Å². The van der Waals surface area contributed by atoms with Crippen molar-refractivity contribution >= 4 is 33.3 Å². The van der Waals surface area contributed by atoms with E-state index in [0.717, 1.165) is 11.1 Å². The Morgan fingerprint density at radius 1 is 0.655 bits per heavy atom. The van der Waals surface area contributed by atoms with Crippen LogP contribution >= 0.6 is 11.6 Å². The number of hydrogen-bond donors (Lipinski definition) is 0. The van der Waals surface area contributed by atoms with Gasteiger partial charge >= 0.3 is 11.3 Å². The van der Waals surface area contributed by atoms with Gasteiger partial charge in [-0.1, -0.05) is 72.3 Å². The largest absolute Gasteiger partial charge is 0.422 e. The molecular formula is C24H13ClO4. The van der Waals surface area contributed by atoms with Crippen LogP contribution in [0.15, 0.2) is 97.3 Å². The quantitative estimate of drug-likeness (QED) is 0.274. The fourth-order valence-electron chi connectivity index (χ4n) is 3.60. The highest BCUT2D eigenvalue weighted by Gasteiger charge is 2.22. The molecule has 0 atom stereocenters. The number of rotatable bonds is 2. The second kappa shape index (κ2) is 6.76. The lowest BCUT2D eigenvalue weighted by molar-refractivity contribution is 0.525. The summed E-state index contributed by atoms with van der Waals surface area (Å²) in [6, 6.07) is 23.8. The van der Waals surface area contributed by atoms with Gasteiger partial charge in [-0.15, -0.1) is 0 Å². The van der Waals surface area contributed by atoms with Crippen molar-refractivity contribution < 1.29 is 8.83 Å². The molecule has 5 rings (SSSR count). The third kappa shape index (κ3) is 2.85. The van der Waals surface area contributed by atoms with Crippen LogP contribution in [-0.4, -0.2) is 0 Å². The molecule has 0 saturated heterocycles. The number of halogens is 1. The summed E-state index contributed by atoms with van der Waals surface area (Å²) in [7, 11) is 0. The fourth-order valence-corrected chi connectivity index (χ4v) is 3.77. The minimum atomic E-state index is -0.742. The average Bonchev–Trinajstić information content (AvgIpc) is 2.75. The fraction of sp³-hybridized carbons (Fsp3) is 0. The lowest BCUT2D eigenvalue weighted by Gasteiger charge is -2.13. The number of fused-ring (bicyclic) bond motifs is 3. The molecule has 0 radical (unpaired) electrons. The van der Waals surface area contributed by atoms with Crippen LogP contribution in [0, 0.1) is 0 Å². The lowest BCUT2D eigenvalue weighted by Crippen LogP contribution is -2.13. The highest BCUT2D eigenvalue weighted by Crippen LogP contribution is 2.39. The molecule has 2 aromatic heterocycles. The predicted molar refractivity (Wildman–Crippen MR) is 114 cm³/mol. The van der Waals surface area contributed by atoms with Crippen molar-refractivity contribution in [3.8, 4) is 22.5 Å². The lowest BCUT2D eigenvalue weighted by atomic mass is 9.94. The summed E-state index contributed by atoms with van der Waals surface area (Å²) < 4.78 is 11.0. The molecule has 0 unspecified atom stereocenters. The standard InChI is InChI=1S/C24H13ClO4/c25-16-11-12-18-17(13-16)20-19(14-7-3-1-4-8-14)22(15-9-5-2-6-10-15)29-24(27)21(20)23(26)28-18/h1-13H. The molecule has 29 heavy (non-hydrogen) atoms. The van der Waals surface area contributed by atoms with Crippen molar-refractivity contribution in [2.24, 2.45) is 0 Å². The summed E-state index contributed by atoms with van der Waals surface area (Å²) in [6.07, 6.45) is 0. The molecule has 0 fully saturated rings. The zero-order chi connectivity index (χ0) is 20.0. The first-order valence-corrected chi connectivity index (χ1v) is 9.35. The molecule has 0 spiro atoms. The van der Waals surface area contributed by atoms with E-state index in [1.165, 1.54) is 0 Å². The first-order chi connectivity index (χ1) is 14.1. The van der Waals surface area contributed by atoms with E-state index in [1.807, 2.05) is 60.7 Å². The van der Waals surface area contributed by atoms with Gasteiger partial charge in [0.05, 0.1) is 0 Å². The first kappa shape index (κ1) is 17.5. The number of hydrogen-bond acceptors (Lipinski definition) is 4. The van der Waals surface area contributed by atoms with Gasteiger partial charge < -0.3 is 8.83 Å². The monoisotopic (exact) mass is 400 g/mol. The van der Waals surface area contributed by atoms with Crippen LogP contribution in [0.2, 0.25) is 5.02 Å². The highest BCUT2D eigenvalue weighted by molar-refractivity contribution is 6.32. The van der Waals surface area contributed by atoms with E-state index >= 15 is 0 Å². The maximum absolute atomic E-state index is 12.8. The van der Waals surface area contributed by atoms with Gasteiger partial charge in [-0.3, -0.25) is 0 Å². The minimum Gasteiger partial charge on any atom is -0.422 e. The topological polar surface area (TPSA) is 60.4 Å². The van der Waals surface area contributed by atoms with Crippen LogP contribution in [0.1, 0.15) is 0 Å². The Morgan fingerprint density at radius 2 is 1.28 bits per heavy atom. The maximum Gasteiger partial charge on any atom is 0.351 e. The van der Waals surface area contributed by atoms with Gasteiger partial charge in [0.15, 0.2) is 5.39 Å². The maximum atomic E-state index is 12.8. The number of benzene rings is 3. The first-order valence-electron chi connectivity index (χ1n) is 8.97. The van der Waals surface area contributed by atoms with Gasteiger partial charge in [-0.05, 0) is 23.8 Å². The van der Waals surface area contributed by atoms with Gasteiger partial charge in [0.25, 0.3) is 0 Å².